The zero-order valence-electron chi connectivity index (χ0n) is 11.5. The molecule has 5 heteroatoms. The van der Waals surface area contributed by atoms with Crippen molar-refractivity contribution in [1.29, 1.82) is 0 Å². The maximum atomic E-state index is 12.3. The Hall–Kier alpha value is -1.75. The second-order valence-corrected chi connectivity index (χ2v) is 4.78. The number of hydrogen-bond acceptors (Lipinski definition) is 4. The molecule has 0 saturated carbocycles. The molecule has 0 aromatic heterocycles. The molecule has 1 aliphatic rings. The quantitative estimate of drug-likeness (QED) is 0.853. The Balaban J connectivity index is 2.14. The first-order valence-electron chi connectivity index (χ1n) is 6.39. The molecule has 0 spiro atoms. The van der Waals surface area contributed by atoms with Gasteiger partial charge in [0, 0.05) is 18.7 Å². The summed E-state index contributed by atoms with van der Waals surface area (Å²) in [4.78, 5) is 12.3. The molecule has 2 atom stereocenters. The van der Waals surface area contributed by atoms with Gasteiger partial charge in [-0.15, -0.1) is 0 Å². The first kappa shape index (κ1) is 13.7. The summed E-state index contributed by atoms with van der Waals surface area (Å²) in [5.74, 6) is 1.52. The van der Waals surface area contributed by atoms with Crippen LogP contribution in [0.3, 0.4) is 0 Å². The van der Waals surface area contributed by atoms with Crippen molar-refractivity contribution in [3.05, 3.63) is 23.8 Å². The monoisotopic (exact) mass is 264 g/mol. The molecule has 19 heavy (non-hydrogen) atoms. The van der Waals surface area contributed by atoms with Gasteiger partial charge in [0.05, 0.1) is 19.8 Å². The van der Waals surface area contributed by atoms with E-state index in [1.54, 1.807) is 32.4 Å². The summed E-state index contributed by atoms with van der Waals surface area (Å²) >= 11 is 0. The van der Waals surface area contributed by atoms with Crippen molar-refractivity contribution in [2.75, 3.05) is 27.3 Å². The molecule has 1 amide bonds. The van der Waals surface area contributed by atoms with E-state index in [-0.39, 0.29) is 11.9 Å². The summed E-state index contributed by atoms with van der Waals surface area (Å²) < 4.78 is 10.4. The molecule has 2 unspecified atom stereocenters. The number of benzene rings is 1. The van der Waals surface area contributed by atoms with E-state index in [4.69, 9.17) is 9.47 Å². The molecule has 5 nitrogen and oxygen atoms in total. The summed E-state index contributed by atoms with van der Waals surface area (Å²) in [6.07, 6.45) is 0. The average molecular weight is 264 g/mol. The van der Waals surface area contributed by atoms with E-state index in [1.165, 1.54) is 0 Å². The van der Waals surface area contributed by atoms with Crippen molar-refractivity contribution >= 4 is 5.91 Å². The number of nitrogens with one attached hydrogen (secondary N) is 2. The summed E-state index contributed by atoms with van der Waals surface area (Å²) in [5.41, 5.74) is 0.530. The second-order valence-electron chi connectivity index (χ2n) is 4.78. The number of hydrogen-bond donors (Lipinski definition) is 2. The van der Waals surface area contributed by atoms with Crippen LogP contribution in [0.1, 0.15) is 17.3 Å². The Labute approximate surface area is 113 Å². The normalized spacial score (nSPS) is 22.1. The molecule has 0 bridgehead atoms. The molecule has 1 aromatic carbocycles. The highest BCUT2D eigenvalue weighted by Crippen LogP contribution is 2.24. The van der Waals surface area contributed by atoms with E-state index in [9.17, 15) is 4.79 Å². The van der Waals surface area contributed by atoms with Gasteiger partial charge in [-0.05, 0) is 24.6 Å². The molecule has 2 N–H and O–H groups in total. The Kier molecular flexibility index (Phi) is 4.27. The van der Waals surface area contributed by atoms with E-state index in [2.05, 4.69) is 17.6 Å². The lowest BCUT2D eigenvalue weighted by atomic mass is 10.1. The fourth-order valence-electron chi connectivity index (χ4n) is 2.24. The lowest BCUT2D eigenvalue weighted by Gasteiger charge is -2.17. The van der Waals surface area contributed by atoms with Gasteiger partial charge >= 0.3 is 0 Å². The van der Waals surface area contributed by atoms with Gasteiger partial charge in [-0.1, -0.05) is 6.92 Å². The Bertz CT molecular complexity index is 462. The third-order valence-corrected chi connectivity index (χ3v) is 3.49. The minimum absolute atomic E-state index is 0.111. The molecule has 1 fully saturated rings. The minimum atomic E-state index is -0.111. The first-order chi connectivity index (χ1) is 9.15. The van der Waals surface area contributed by atoms with E-state index in [0.29, 0.717) is 23.0 Å². The maximum absolute atomic E-state index is 12.3. The topological polar surface area (TPSA) is 59.6 Å². The summed E-state index contributed by atoms with van der Waals surface area (Å²) in [7, 11) is 3.13. The first-order valence-corrected chi connectivity index (χ1v) is 6.39. The van der Waals surface area contributed by atoms with Crippen molar-refractivity contribution in [2.45, 2.75) is 13.0 Å². The minimum Gasteiger partial charge on any atom is -0.497 e. The van der Waals surface area contributed by atoms with Gasteiger partial charge in [0.2, 0.25) is 0 Å². The third kappa shape index (κ3) is 2.98. The summed E-state index contributed by atoms with van der Waals surface area (Å²) in [6, 6.07) is 5.36. The van der Waals surface area contributed by atoms with Crippen LogP contribution in [0.15, 0.2) is 18.2 Å². The van der Waals surface area contributed by atoms with Gasteiger partial charge in [0.15, 0.2) is 0 Å². The van der Waals surface area contributed by atoms with Crippen molar-refractivity contribution in [3.8, 4) is 11.5 Å². The highest BCUT2D eigenvalue weighted by atomic mass is 16.5. The van der Waals surface area contributed by atoms with Crippen LogP contribution in [0, 0.1) is 5.92 Å². The van der Waals surface area contributed by atoms with Gasteiger partial charge in [-0.25, -0.2) is 0 Å². The van der Waals surface area contributed by atoms with Gasteiger partial charge in [-0.2, -0.15) is 0 Å². The largest absolute Gasteiger partial charge is 0.497 e. The molecule has 1 aliphatic heterocycles. The molecule has 1 saturated heterocycles. The highest BCUT2D eigenvalue weighted by molar-refractivity contribution is 5.97. The van der Waals surface area contributed by atoms with Gasteiger partial charge in [0.25, 0.3) is 5.91 Å². The molecule has 1 aromatic rings. The van der Waals surface area contributed by atoms with Crippen molar-refractivity contribution < 1.29 is 14.3 Å². The van der Waals surface area contributed by atoms with Crippen molar-refractivity contribution in [2.24, 2.45) is 5.92 Å². The molecule has 2 rings (SSSR count). The van der Waals surface area contributed by atoms with Crippen LogP contribution in [0.5, 0.6) is 11.5 Å². The second kappa shape index (κ2) is 5.93. The predicted molar refractivity (Wildman–Crippen MR) is 72.8 cm³/mol. The number of carbonyl (C=O) groups is 1. The third-order valence-electron chi connectivity index (χ3n) is 3.49. The van der Waals surface area contributed by atoms with E-state index in [0.717, 1.165) is 13.1 Å². The van der Waals surface area contributed by atoms with Crippen LogP contribution in [0.4, 0.5) is 0 Å². The van der Waals surface area contributed by atoms with Crippen LogP contribution in [0.25, 0.3) is 0 Å². The van der Waals surface area contributed by atoms with Crippen LogP contribution >= 0.6 is 0 Å². The van der Waals surface area contributed by atoms with Crippen LogP contribution in [0.2, 0.25) is 0 Å². The smallest absolute Gasteiger partial charge is 0.255 e. The predicted octanol–water partition coefficient (Wildman–Crippen LogP) is 1.04. The number of amides is 1. The number of rotatable bonds is 4. The molecule has 0 aliphatic carbocycles. The van der Waals surface area contributed by atoms with E-state index in [1.807, 2.05) is 0 Å². The van der Waals surface area contributed by atoms with Gasteiger partial charge in [0.1, 0.15) is 11.5 Å². The number of ether oxygens (including phenoxy) is 2. The molecule has 0 radical (unpaired) electrons. The van der Waals surface area contributed by atoms with Crippen molar-refractivity contribution in [3.63, 3.8) is 0 Å². The maximum Gasteiger partial charge on any atom is 0.255 e. The van der Waals surface area contributed by atoms with Crippen LogP contribution in [-0.4, -0.2) is 39.3 Å². The molecule has 104 valence electrons. The SMILES string of the molecule is COc1ccc(C(=O)NC2CNCC2C)c(OC)c1. The highest BCUT2D eigenvalue weighted by Gasteiger charge is 2.25. The zero-order valence-corrected chi connectivity index (χ0v) is 11.5. The lowest BCUT2D eigenvalue weighted by molar-refractivity contribution is 0.0930. The zero-order chi connectivity index (χ0) is 13.8. The van der Waals surface area contributed by atoms with Gasteiger partial charge in [-0.3, -0.25) is 4.79 Å². The molecule has 1 heterocycles. The fraction of sp³-hybridized carbons (Fsp3) is 0.500. The lowest BCUT2D eigenvalue weighted by Crippen LogP contribution is -2.39. The number of carbonyl (C=O) groups excluding carboxylic acids is 1. The fourth-order valence-corrected chi connectivity index (χ4v) is 2.24. The Morgan fingerprint density at radius 2 is 2.11 bits per heavy atom. The average Bonchev–Trinajstić information content (AvgIpc) is 2.83. The van der Waals surface area contributed by atoms with Crippen LogP contribution < -0.4 is 20.1 Å². The van der Waals surface area contributed by atoms with E-state index >= 15 is 0 Å². The Morgan fingerprint density at radius 3 is 2.68 bits per heavy atom. The van der Waals surface area contributed by atoms with Gasteiger partial charge < -0.3 is 20.1 Å². The molecular formula is C14H20N2O3. The van der Waals surface area contributed by atoms with Crippen molar-refractivity contribution in [1.82, 2.24) is 10.6 Å². The summed E-state index contributed by atoms with van der Waals surface area (Å²) in [6.45, 7) is 3.87. The Morgan fingerprint density at radius 1 is 1.32 bits per heavy atom. The molecular weight excluding hydrogens is 244 g/mol. The van der Waals surface area contributed by atoms with Crippen LogP contribution in [-0.2, 0) is 0 Å². The van der Waals surface area contributed by atoms with E-state index < -0.39 is 0 Å². The number of methoxy groups -OCH3 is 2. The summed E-state index contributed by atoms with van der Waals surface area (Å²) in [5, 5.41) is 6.29. The standard InChI is InChI=1S/C14H20N2O3/c1-9-7-15-8-12(9)16-14(17)11-5-4-10(18-2)6-13(11)19-3/h4-6,9,12,15H,7-8H2,1-3H3,(H,16,17).